The number of carbonyl (C=O) groups excluding carboxylic acids is 1. The largest absolute Gasteiger partial charge is 0.490 e. The van der Waals surface area contributed by atoms with Crippen molar-refractivity contribution in [1.82, 2.24) is 14.8 Å². The van der Waals surface area contributed by atoms with Gasteiger partial charge >= 0.3 is 12.1 Å². The summed E-state index contributed by atoms with van der Waals surface area (Å²) in [6, 6.07) is 0.450. The fraction of sp³-hybridized carbons (Fsp3) is 0.722. The molecule has 0 radical (unpaired) electrons. The Balaban J connectivity index is 0.000000396. The van der Waals surface area contributed by atoms with Crippen molar-refractivity contribution in [2.45, 2.75) is 37.7 Å². The molecular formula is C18H26F3N3O5S. The number of ether oxygens (including phenoxy) is 2. The van der Waals surface area contributed by atoms with Gasteiger partial charge in [-0.3, -0.25) is 9.69 Å². The van der Waals surface area contributed by atoms with E-state index >= 15 is 0 Å². The first-order valence-corrected chi connectivity index (χ1v) is 10.3. The zero-order valence-electron chi connectivity index (χ0n) is 16.8. The molecule has 1 amide bonds. The minimum absolute atomic E-state index is 0.0158. The third-order valence-electron chi connectivity index (χ3n) is 4.89. The van der Waals surface area contributed by atoms with Crippen LogP contribution in [0.4, 0.5) is 13.2 Å². The van der Waals surface area contributed by atoms with E-state index in [9.17, 15) is 18.0 Å². The van der Waals surface area contributed by atoms with Crippen molar-refractivity contribution in [3.63, 3.8) is 0 Å². The van der Waals surface area contributed by atoms with Crippen LogP contribution in [0.5, 0.6) is 0 Å². The molecule has 170 valence electrons. The number of aromatic nitrogens is 1. The van der Waals surface area contributed by atoms with Gasteiger partial charge in [-0.25, -0.2) is 9.78 Å². The van der Waals surface area contributed by atoms with Gasteiger partial charge in [-0.1, -0.05) is 0 Å². The number of hydrogen-bond donors (Lipinski definition) is 1. The number of amides is 1. The smallest absolute Gasteiger partial charge is 0.475 e. The number of nitrogens with zero attached hydrogens (tertiary/aromatic N) is 3. The lowest BCUT2D eigenvalue weighted by atomic mass is 10.1. The molecule has 1 aliphatic carbocycles. The number of fused-ring (bicyclic) bond motifs is 1. The number of carboxylic acids is 1. The first kappa shape index (κ1) is 24.5. The lowest BCUT2D eigenvalue weighted by molar-refractivity contribution is -0.192. The number of likely N-dealkylation sites (N-methyl/N-ethyl adjacent to an activating group) is 1. The molecule has 8 nitrogen and oxygen atoms in total. The molecular weight excluding hydrogens is 427 g/mol. The van der Waals surface area contributed by atoms with Crippen molar-refractivity contribution in [3.8, 4) is 0 Å². The Morgan fingerprint density at radius 2 is 2.10 bits per heavy atom. The van der Waals surface area contributed by atoms with E-state index in [1.807, 2.05) is 11.6 Å². The molecule has 30 heavy (non-hydrogen) atoms. The second kappa shape index (κ2) is 11.0. The predicted molar refractivity (Wildman–Crippen MR) is 102 cm³/mol. The molecule has 12 heteroatoms. The second-order valence-corrected chi connectivity index (χ2v) is 8.30. The van der Waals surface area contributed by atoms with E-state index in [-0.39, 0.29) is 12.5 Å². The second-order valence-electron chi connectivity index (χ2n) is 7.32. The molecule has 1 aromatic rings. The molecule has 2 fully saturated rings. The highest BCUT2D eigenvalue weighted by Gasteiger charge is 2.41. The summed E-state index contributed by atoms with van der Waals surface area (Å²) in [6.07, 6.45) is -0.825. The van der Waals surface area contributed by atoms with Crippen molar-refractivity contribution in [2.75, 3.05) is 40.5 Å². The highest BCUT2D eigenvalue weighted by Crippen LogP contribution is 2.35. The van der Waals surface area contributed by atoms with Gasteiger partial charge in [0.2, 0.25) is 5.91 Å². The van der Waals surface area contributed by atoms with Crippen LogP contribution in [-0.4, -0.2) is 90.5 Å². The molecule has 2 heterocycles. The Hall–Kier alpha value is -1.76. The van der Waals surface area contributed by atoms with Gasteiger partial charge < -0.3 is 19.5 Å². The van der Waals surface area contributed by atoms with Gasteiger partial charge in [-0.2, -0.15) is 13.2 Å². The Morgan fingerprint density at radius 3 is 2.67 bits per heavy atom. The van der Waals surface area contributed by atoms with Gasteiger partial charge in [0.1, 0.15) is 11.6 Å². The maximum Gasteiger partial charge on any atom is 0.490 e. The van der Waals surface area contributed by atoms with E-state index in [1.54, 1.807) is 30.3 Å². The average Bonchev–Trinajstić information content (AvgIpc) is 3.31. The maximum absolute atomic E-state index is 11.6. The molecule has 3 unspecified atom stereocenters. The Kier molecular flexibility index (Phi) is 9.01. The van der Waals surface area contributed by atoms with Crippen molar-refractivity contribution >= 4 is 23.2 Å². The summed E-state index contributed by atoms with van der Waals surface area (Å²) < 4.78 is 43.3. The zero-order chi connectivity index (χ0) is 22.3. The molecule has 1 saturated carbocycles. The van der Waals surface area contributed by atoms with Crippen LogP contribution in [0, 0.1) is 5.92 Å². The minimum Gasteiger partial charge on any atom is -0.475 e. The van der Waals surface area contributed by atoms with Gasteiger partial charge in [0.25, 0.3) is 0 Å². The molecule has 2 aliphatic rings. The molecule has 0 bridgehead atoms. The van der Waals surface area contributed by atoms with Crippen LogP contribution in [0.1, 0.15) is 17.8 Å². The summed E-state index contributed by atoms with van der Waals surface area (Å²) in [5.41, 5.74) is 0. The van der Waals surface area contributed by atoms with Gasteiger partial charge in [0.05, 0.1) is 25.9 Å². The normalized spacial score (nSPS) is 24.0. The van der Waals surface area contributed by atoms with Gasteiger partial charge in [0.15, 0.2) is 0 Å². The van der Waals surface area contributed by atoms with Crippen LogP contribution in [0.3, 0.4) is 0 Å². The minimum atomic E-state index is -5.08. The summed E-state index contributed by atoms with van der Waals surface area (Å²) >= 11 is 1.71. The quantitative estimate of drug-likeness (QED) is 0.703. The van der Waals surface area contributed by atoms with Crippen molar-refractivity contribution in [1.29, 1.82) is 0 Å². The summed E-state index contributed by atoms with van der Waals surface area (Å²) in [7, 11) is 3.50. The third kappa shape index (κ3) is 7.49. The molecule has 1 N–H and O–H groups in total. The van der Waals surface area contributed by atoms with E-state index in [0.717, 1.165) is 32.5 Å². The number of carboxylic acid groups (broad SMARTS) is 1. The standard InChI is InChI=1S/C16H25N3O3S.C2HF3O2/c1-18(2)16(20)11-21-10-12-7-13-14(8-12)22-5-4-19(13)9-15-17-3-6-23-15;3-2(4,5)1(6)7/h3,6,12-14H,4-5,7-11H2,1-2H3;(H,6,7). The molecule has 1 aliphatic heterocycles. The lowest BCUT2D eigenvalue weighted by Gasteiger charge is -2.37. The number of hydrogen-bond acceptors (Lipinski definition) is 7. The van der Waals surface area contributed by atoms with Crippen LogP contribution in [-0.2, 0) is 25.6 Å². The van der Waals surface area contributed by atoms with Crippen LogP contribution >= 0.6 is 11.3 Å². The number of alkyl halides is 3. The molecule has 3 rings (SSSR count). The van der Waals surface area contributed by atoms with Crippen molar-refractivity contribution in [2.24, 2.45) is 5.92 Å². The van der Waals surface area contributed by atoms with Crippen molar-refractivity contribution in [3.05, 3.63) is 16.6 Å². The number of carbonyl (C=O) groups is 2. The Bertz CT molecular complexity index is 687. The molecule has 1 aromatic heterocycles. The first-order valence-electron chi connectivity index (χ1n) is 9.40. The molecule has 3 atom stereocenters. The third-order valence-corrected chi connectivity index (χ3v) is 5.66. The van der Waals surface area contributed by atoms with E-state index in [2.05, 4.69) is 9.88 Å². The van der Waals surface area contributed by atoms with Crippen LogP contribution in [0.25, 0.3) is 0 Å². The highest BCUT2D eigenvalue weighted by molar-refractivity contribution is 7.09. The number of thiazole rings is 1. The monoisotopic (exact) mass is 453 g/mol. The van der Waals surface area contributed by atoms with E-state index in [0.29, 0.717) is 24.7 Å². The fourth-order valence-corrected chi connectivity index (χ4v) is 4.05. The van der Waals surface area contributed by atoms with Crippen LogP contribution < -0.4 is 0 Å². The van der Waals surface area contributed by atoms with Gasteiger partial charge in [-0.15, -0.1) is 11.3 Å². The van der Waals surface area contributed by atoms with Crippen LogP contribution in [0.2, 0.25) is 0 Å². The summed E-state index contributed by atoms with van der Waals surface area (Å²) in [4.78, 5) is 28.9. The molecule has 0 spiro atoms. The summed E-state index contributed by atoms with van der Waals surface area (Å²) in [6.45, 7) is 3.48. The van der Waals surface area contributed by atoms with Gasteiger partial charge in [0, 0.05) is 38.3 Å². The molecule has 1 saturated heterocycles. The fourth-order valence-electron chi connectivity index (χ4n) is 3.40. The zero-order valence-corrected chi connectivity index (χ0v) is 17.6. The summed E-state index contributed by atoms with van der Waals surface area (Å²) in [5, 5.41) is 10.3. The number of rotatable bonds is 6. The van der Waals surface area contributed by atoms with Crippen LogP contribution in [0.15, 0.2) is 11.6 Å². The average molecular weight is 453 g/mol. The van der Waals surface area contributed by atoms with Crippen molar-refractivity contribution < 1.29 is 37.3 Å². The van der Waals surface area contributed by atoms with Gasteiger partial charge in [-0.05, 0) is 18.8 Å². The topological polar surface area (TPSA) is 92.2 Å². The highest BCUT2D eigenvalue weighted by atomic mass is 32.1. The predicted octanol–water partition coefficient (Wildman–Crippen LogP) is 1.86. The number of aliphatic carboxylic acids is 1. The Morgan fingerprint density at radius 1 is 1.40 bits per heavy atom. The summed E-state index contributed by atoms with van der Waals surface area (Å²) in [5.74, 6) is -2.27. The molecule has 0 aromatic carbocycles. The van der Waals surface area contributed by atoms with E-state index < -0.39 is 12.1 Å². The van der Waals surface area contributed by atoms with E-state index in [1.165, 1.54) is 5.01 Å². The first-order chi connectivity index (χ1) is 14.1. The number of halogens is 3. The SMILES string of the molecule is CN(C)C(=O)COCC1CC2OCCN(Cc3nccs3)C2C1.O=C(O)C(F)(F)F. The maximum atomic E-state index is 11.6. The Labute approximate surface area is 176 Å². The number of morpholine rings is 1. The van der Waals surface area contributed by atoms with E-state index in [4.69, 9.17) is 19.4 Å². The lowest BCUT2D eigenvalue weighted by Crippen LogP contribution is -2.47.